The highest BCUT2D eigenvalue weighted by molar-refractivity contribution is 5.68. The molecule has 30 heavy (non-hydrogen) atoms. The predicted octanol–water partition coefficient (Wildman–Crippen LogP) is 4.67. The van der Waals surface area contributed by atoms with E-state index in [9.17, 15) is 4.79 Å². The second kappa shape index (κ2) is 8.45. The van der Waals surface area contributed by atoms with E-state index in [1.54, 1.807) is 7.11 Å². The number of rotatable bonds is 6. The third kappa shape index (κ3) is 4.08. The molecular formula is C24H24N2O4. The average Bonchev–Trinajstić information content (AvgIpc) is 3.14. The Morgan fingerprint density at radius 1 is 1.23 bits per heavy atom. The number of pyridine rings is 1. The van der Waals surface area contributed by atoms with Gasteiger partial charge in [-0.1, -0.05) is 18.2 Å². The quantitative estimate of drug-likeness (QED) is 0.602. The number of nitrogens with zero attached hydrogens (tertiary/aromatic N) is 1. The van der Waals surface area contributed by atoms with Crippen molar-refractivity contribution in [2.24, 2.45) is 0 Å². The van der Waals surface area contributed by atoms with Crippen LogP contribution >= 0.6 is 0 Å². The molecule has 0 amide bonds. The van der Waals surface area contributed by atoms with Gasteiger partial charge in [0.25, 0.3) is 0 Å². The molecule has 0 radical (unpaired) electrons. The number of carbonyl (C=O) groups excluding carboxylic acids is 1. The number of esters is 1. The Bertz CT molecular complexity index is 1060. The Balaban J connectivity index is 1.49. The Kier molecular flexibility index (Phi) is 5.57. The Morgan fingerprint density at radius 3 is 2.83 bits per heavy atom. The number of ether oxygens (including phenoxy) is 3. The van der Waals surface area contributed by atoms with Crippen molar-refractivity contribution in [3.05, 3.63) is 71.4 Å². The molecule has 0 fully saturated rings. The van der Waals surface area contributed by atoms with E-state index in [0.29, 0.717) is 19.0 Å². The molecule has 0 saturated carbocycles. The number of hydrogen-bond donors (Lipinski definition) is 1. The third-order valence-electron chi connectivity index (χ3n) is 5.24. The van der Waals surface area contributed by atoms with Crippen molar-refractivity contribution in [1.82, 2.24) is 4.98 Å². The maximum Gasteiger partial charge on any atom is 0.303 e. The van der Waals surface area contributed by atoms with Gasteiger partial charge in [-0.3, -0.25) is 4.79 Å². The highest BCUT2D eigenvalue weighted by atomic mass is 16.6. The Labute approximate surface area is 175 Å². The van der Waals surface area contributed by atoms with Crippen LogP contribution < -0.4 is 14.8 Å². The summed E-state index contributed by atoms with van der Waals surface area (Å²) in [6, 6.07) is 16.0. The van der Waals surface area contributed by atoms with Crippen LogP contribution in [0, 0.1) is 6.92 Å². The number of fused-ring (bicyclic) bond motifs is 1. The fraction of sp³-hybridized carbons (Fsp3) is 0.250. The lowest BCUT2D eigenvalue weighted by atomic mass is 9.97. The summed E-state index contributed by atoms with van der Waals surface area (Å²) in [5, 5.41) is 3.46. The number of benzene rings is 2. The standard InChI is InChI=1S/C24H24N2O4/c1-15-17(5-4-6-20(15)18-7-10-24(28-3)26-13-18)12-25-19-8-9-21-22(11-19)29-14-23(21)30-16(2)27/h4-11,13,23,25H,12,14H2,1-3H3/t23-/m1/s1. The summed E-state index contributed by atoms with van der Waals surface area (Å²) in [6.07, 6.45) is 1.50. The maximum absolute atomic E-state index is 11.2. The smallest absolute Gasteiger partial charge is 0.303 e. The fourth-order valence-electron chi connectivity index (χ4n) is 3.63. The summed E-state index contributed by atoms with van der Waals surface area (Å²) in [5.41, 5.74) is 6.45. The zero-order valence-electron chi connectivity index (χ0n) is 17.3. The summed E-state index contributed by atoms with van der Waals surface area (Å²) in [7, 11) is 1.61. The molecule has 2 aromatic carbocycles. The number of hydrogen-bond acceptors (Lipinski definition) is 6. The van der Waals surface area contributed by atoms with Crippen molar-refractivity contribution in [3.8, 4) is 22.8 Å². The molecule has 6 heteroatoms. The van der Waals surface area contributed by atoms with Crippen molar-refractivity contribution < 1.29 is 19.0 Å². The third-order valence-corrected chi connectivity index (χ3v) is 5.24. The second-order valence-electron chi connectivity index (χ2n) is 7.19. The molecule has 2 heterocycles. The monoisotopic (exact) mass is 404 g/mol. The first-order valence-electron chi connectivity index (χ1n) is 9.82. The molecule has 154 valence electrons. The summed E-state index contributed by atoms with van der Waals surface area (Å²) < 4.78 is 16.1. The minimum atomic E-state index is -0.330. The number of aromatic nitrogens is 1. The van der Waals surface area contributed by atoms with E-state index < -0.39 is 0 Å². The summed E-state index contributed by atoms with van der Waals surface area (Å²) in [5.74, 6) is 1.05. The predicted molar refractivity (Wildman–Crippen MR) is 115 cm³/mol. The van der Waals surface area contributed by atoms with Gasteiger partial charge in [-0.25, -0.2) is 4.98 Å². The largest absolute Gasteiger partial charge is 0.489 e. The molecule has 0 bridgehead atoms. The van der Waals surface area contributed by atoms with Gasteiger partial charge in [0.15, 0.2) is 6.10 Å². The maximum atomic E-state index is 11.2. The van der Waals surface area contributed by atoms with Crippen molar-refractivity contribution in [3.63, 3.8) is 0 Å². The van der Waals surface area contributed by atoms with Gasteiger partial charge in [-0.15, -0.1) is 0 Å². The van der Waals surface area contributed by atoms with E-state index in [4.69, 9.17) is 14.2 Å². The lowest BCUT2D eigenvalue weighted by Gasteiger charge is -2.14. The lowest BCUT2D eigenvalue weighted by Crippen LogP contribution is -2.09. The van der Waals surface area contributed by atoms with E-state index in [-0.39, 0.29) is 12.1 Å². The highest BCUT2D eigenvalue weighted by Gasteiger charge is 2.26. The summed E-state index contributed by atoms with van der Waals surface area (Å²) in [6.45, 7) is 4.56. The van der Waals surface area contributed by atoms with Crippen LogP contribution in [-0.4, -0.2) is 24.7 Å². The van der Waals surface area contributed by atoms with Gasteiger partial charge in [-0.05, 0) is 41.8 Å². The summed E-state index contributed by atoms with van der Waals surface area (Å²) in [4.78, 5) is 15.5. The van der Waals surface area contributed by atoms with Crippen LogP contribution in [0.4, 0.5) is 5.69 Å². The zero-order valence-corrected chi connectivity index (χ0v) is 17.3. The minimum absolute atomic E-state index is 0.305. The molecule has 3 aromatic rings. The number of anilines is 1. The van der Waals surface area contributed by atoms with Gasteiger partial charge < -0.3 is 19.5 Å². The molecule has 0 aliphatic carbocycles. The van der Waals surface area contributed by atoms with E-state index in [0.717, 1.165) is 28.1 Å². The van der Waals surface area contributed by atoms with Gasteiger partial charge in [0.1, 0.15) is 12.4 Å². The first kappa shape index (κ1) is 19.8. The Morgan fingerprint density at radius 2 is 2.10 bits per heavy atom. The van der Waals surface area contributed by atoms with E-state index in [2.05, 4.69) is 35.4 Å². The van der Waals surface area contributed by atoms with Crippen molar-refractivity contribution in [2.45, 2.75) is 26.5 Å². The van der Waals surface area contributed by atoms with Crippen molar-refractivity contribution in [2.75, 3.05) is 19.0 Å². The molecular weight excluding hydrogens is 380 g/mol. The number of methoxy groups -OCH3 is 1. The van der Waals surface area contributed by atoms with Gasteiger partial charge in [0.05, 0.1) is 7.11 Å². The molecule has 1 atom stereocenters. The molecule has 6 nitrogen and oxygen atoms in total. The molecule has 0 spiro atoms. The second-order valence-corrected chi connectivity index (χ2v) is 7.19. The van der Waals surface area contributed by atoms with E-state index in [1.807, 2.05) is 36.5 Å². The van der Waals surface area contributed by atoms with Crippen LogP contribution in [0.3, 0.4) is 0 Å². The van der Waals surface area contributed by atoms with Crippen LogP contribution in [0.2, 0.25) is 0 Å². The van der Waals surface area contributed by atoms with Gasteiger partial charge in [-0.2, -0.15) is 0 Å². The molecule has 4 rings (SSSR count). The molecule has 1 N–H and O–H groups in total. The molecule has 1 aliphatic rings. The zero-order chi connectivity index (χ0) is 21.1. The lowest BCUT2D eigenvalue weighted by molar-refractivity contribution is -0.147. The first-order valence-corrected chi connectivity index (χ1v) is 9.82. The molecule has 0 saturated heterocycles. The van der Waals surface area contributed by atoms with Crippen LogP contribution in [-0.2, 0) is 16.1 Å². The SMILES string of the molecule is COc1ccc(-c2cccc(CNc3ccc4c(c3)OC[C@H]4OC(C)=O)c2C)cn1. The topological polar surface area (TPSA) is 69.7 Å². The van der Waals surface area contributed by atoms with E-state index >= 15 is 0 Å². The normalized spacial score (nSPS) is 14.6. The van der Waals surface area contributed by atoms with Gasteiger partial charge in [0, 0.05) is 48.6 Å². The molecule has 1 aliphatic heterocycles. The minimum Gasteiger partial charge on any atom is -0.489 e. The van der Waals surface area contributed by atoms with Crippen molar-refractivity contribution in [1.29, 1.82) is 0 Å². The number of nitrogens with one attached hydrogen (secondary N) is 1. The average molecular weight is 404 g/mol. The van der Waals surface area contributed by atoms with Gasteiger partial charge in [0.2, 0.25) is 5.88 Å². The summed E-state index contributed by atoms with van der Waals surface area (Å²) >= 11 is 0. The van der Waals surface area contributed by atoms with E-state index in [1.165, 1.54) is 18.1 Å². The molecule has 0 unspecified atom stereocenters. The highest BCUT2D eigenvalue weighted by Crippen LogP contribution is 2.37. The molecule has 1 aromatic heterocycles. The van der Waals surface area contributed by atoms with Crippen LogP contribution in [0.25, 0.3) is 11.1 Å². The van der Waals surface area contributed by atoms with Gasteiger partial charge >= 0.3 is 5.97 Å². The van der Waals surface area contributed by atoms with Crippen LogP contribution in [0.15, 0.2) is 54.7 Å². The van der Waals surface area contributed by atoms with Crippen LogP contribution in [0.5, 0.6) is 11.6 Å². The van der Waals surface area contributed by atoms with Crippen molar-refractivity contribution >= 4 is 11.7 Å². The first-order chi connectivity index (χ1) is 14.5. The fourth-order valence-corrected chi connectivity index (χ4v) is 3.63. The number of carbonyl (C=O) groups is 1. The van der Waals surface area contributed by atoms with Crippen LogP contribution in [0.1, 0.15) is 29.7 Å². The Hall–Kier alpha value is -3.54.